The van der Waals surface area contributed by atoms with Crippen LogP contribution in [0.4, 0.5) is 0 Å². The molecule has 132 valence electrons. The van der Waals surface area contributed by atoms with Gasteiger partial charge in [0, 0.05) is 17.8 Å². The highest BCUT2D eigenvalue weighted by atomic mass is 32.2. The zero-order valence-corrected chi connectivity index (χ0v) is 14.4. The van der Waals surface area contributed by atoms with Crippen LogP contribution in [0.3, 0.4) is 0 Å². The molecule has 1 aliphatic rings. The van der Waals surface area contributed by atoms with E-state index in [-0.39, 0.29) is 16.8 Å². The molecule has 1 amide bonds. The van der Waals surface area contributed by atoms with Crippen LogP contribution in [0.2, 0.25) is 0 Å². The number of hydrogen-bond acceptors (Lipinski definition) is 6. The van der Waals surface area contributed by atoms with E-state index in [4.69, 9.17) is 5.14 Å². The van der Waals surface area contributed by atoms with Crippen molar-refractivity contribution in [1.29, 1.82) is 0 Å². The van der Waals surface area contributed by atoms with Crippen LogP contribution in [-0.2, 0) is 11.0 Å². The molecule has 26 heavy (non-hydrogen) atoms. The first-order valence-corrected chi connectivity index (χ1v) is 9.15. The average molecular weight is 369 g/mol. The summed E-state index contributed by atoms with van der Waals surface area (Å²) in [5.74, 6) is 0.161. The lowest BCUT2D eigenvalue weighted by molar-refractivity contribution is 0.0951. The summed E-state index contributed by atoms with van der Waals surface area (Å²) in [6.45, 7) is 0. The molecule has 1 atom stereocenters. The van der Waals surface area contributed by atoms with Crippen LogP contribution in [0.1, 0.15) is 23.2 Å². The second-order valence-corrected chi connectivity index (χ2v) is 6.88. The number of hydrogen-bond donors (Lipinski definition) is 3. The van der Waals surface area contributed by atoms with Crippen LogP contribution in [-0.4, -0.2) is 41.8 Å². The van der Waals surface area contributed by atoms with E-state index in [1.54, 1.807) is 18.2 Å². The topological polar surface area (TPSA) is 140 Å². The van der Waals surface area contributed by atoms with Gasteiger partial charge in [-0.05, 0) is 47.4 Å². The zero-order chi connectivity index (χ0) is 18.1. The maximum Gasteiger partial charge on any atom is 0.251 e. The number of aromatic amines is 1. The Labute approximate surface area is 151 Å². The van der Waals surface area contributed by atoms with Crippen LogP contribution < -0.4 is 10.5 Å². The van der Waals surface area contributed by atoms with E-state index in [0.29, 0.717) is 22.7 Å². The summed E-state index contributed by atoms with van der Waals surface area (Å²) in [7, 11) is -1.82. The monoisotopic (exact) mass is 369 g/mol. The molecule has 1 saturated carbocycles. The Morgan fingerprint density at radius 1 is 1.23 bits per heavy atom. The number of carbonyl (C=O) groups is 1. The van der Waals surface area contributed by atoms with E-state index in [1.807, 2.05) is 12.1 Å². The SMILES string of the molecule is NS(=O)c1nccc(-c2ccc(C(=O)NC3CC3)cc2)c1-c1nn[nH]n1. The van der Waals surface area contributed by atoms with Gasteiger partial charge in [0.1, 0.15) is 11.0 Å². The molecule has 1 fully saturated rings. The van der Waals surface area contributed by atoms with Gasteiger partial charge in [-0.15, -0.1) is 10.2 Å². The highest BCUT2D eigenvalue weighted by Gasteiger charge is 2.24. The number of aromatic nitrogens is 5. The van der Waals surface area contributed by atoms with Crippen LogP contribution in [0, 0.1) is 0 Å². The van der Waals surface area contributed by atoms with Crippen molar-refractivity contribution in [2.75, 3.05) is 0 Å². The van der Waals surface area contributed by atoms with E-state index in [1.165, 1.54) is 6.20 Å². The van der Waals surface area contributed by atoms with Crippen molar-refractivity contribution in [2.45, 2.75) is 23.9 Å². The first kappa shape index (κ1) is 16.5. The van der Waals surface area contributed by atoms with Crippen LogP contribution in [0.5, 0.6) is 0 Å². The van der Waals surface area contributed by atoms with E-state index in [2.05, 4.69) is 30.9 Å². The lowest BCUT2D eigenvalue weighted by atomic mass is 10.00. The fourth-order valence-corrected chi connectivity index (χ4v) is 3.18. The molecule has 0 spiro atoms. The summed E-state index contributed by atoms with van der Waals surface area (Å²) in [4.78, 5) is 16.2. The van der Waals surface area contributed by atoms with Gasteiger partial charge in [0.2, 0.25) is 5.82 Å². The molecule has 1 aromatic carbocycles. The Morgan fingerprint density at radius 3 is 2.62 bits per heavy atom. The van der Waals surface area contributed by atoms with Crippen molar-refractivity contribution in [3.8, 4) is 22.5 Å². The molecule has 9 nitrogen and oxygen atoms in total. The fourth-order valence-electron chi connectivity index (χ4n) is 2.62. The molecule has 1 aliphatic carbocycles. The van der Waals surface area contributed by atoms with E-state index in [9.17, 15) is 9.00 Å². The van der Waals surface area contributed by atoms with Gasteiger partial charge >= 0.3 is 0 Å². The Kier molecular flexibility index (Phi) is 4.27. The maximum absolute atomic E-state index is 12.1. The number of pyridine rings is 1. The minimum Gasteiger partial charge on any atom is -0.349 e. The van der Waals surface area contributed by atoms with Crippen molar-refractivity contribution >= 4 is 16.9 Å². The average Bonchev–Trinajstić information content (AvgIpc) is 3.30. The van der Waals surface area contributed by atoms with E-state index >= 15 is 0 Å². The van der Waals surface area contributed by atoms with Gasteiger partial charge < -0.3 is 5.32 Å². The van der Waals surface area contributed by atoms with Gasteiger partial charge in [-0.1, -0.05) is 12.1 Å². The molecule has 4 N–H and O–H groups in total. The van der Waals surface area contributed by atoms with Crippen molar-refractivity contribution in [1.82, 2.24) is 30.9 Å². The summed E-state index contributed by atoms with van der Waals surface area (Å²) in [5.41, 5.74) is 2.52. The molecule has 10 heteroatoms. The van der Waals surface area contributed by atoms with E-state index in [0.717, 1.165) is 18.4 Å². The third-order valence-corrected chi connectivity index (χ3v) is 4.74. The lowest BCUT2D eigenvalue weighted by Gasteiger charge is -2.10. The zero-order valence-electron chi connectivity index (χ0n) is 13.5. The molecule has 2 heterocycles. The predicted molar refractivity (Wildman–Crippen MR) is 93.9 cm³/mol. The molecule has 1 unspecified atom stereocenters. The number of amides is 1. The maximum atomic E-state index is 12.1. The summed E-state index contributed by atoms with van der Waals surface area (Å²) >= 11 is 0. The summed E-state index contributed by atoms with van der Waals surface area (Å²) < 4.78 is 11.9. The highest BCUT2D eigenvalue weighted by Crippen LogP contribution is 2.33. The molecule has 0 radical (unpaired) electrons. The van der Waals surface area contributed by atoms with Crippen LogP contribution in [0.25, 0.3) is 22.5 Å². The highest BCUT2D eigenvalue weighted by molar-refractivity contribution is 7.82. The van der Waals surface area contributed by atoms with Gasteiger partial charge in [0.15, 0.2) is 5.03 Å². The largest absolute Gasteiger partial charge is 0.349 e. The Hall–Kier alpha value is -2.98. The normalized spacial score (nSPS) is 14.8. The predicted octanol–water partition coefficient (Wildman–Crippen LogP) is 0.802. The fraction of sp³-hybridized carbons (Fsp3) is 0.188. The summed E-state index contributed by atoms with van der Waals surface area (Å²) in [5, 5.41) is 22.5. The summed E-state index contributed by atoms with van der Waals surface area (Å²) in [6.07, 6.45) is 3.59. The standard InChI is InChI=1S/C16H15N7O2S/c17-26(25)16-13(14-20-22-23-21-14)12(7-8-18-16)9-1-3-10(4-2-9)15(24)19-11-5-6-11/h1-4,7-8,11H,5-6,17H2,(H,19,24)(H,20,21,22,23). The molecule has 2 aromatic heterocycles. The van der Waals surface area contributed by atoms with Gasteiger partial charge in [0.05, 0.1) is 5.56 Å². The smallest absolute Gasteiger partial charge is 0.251 e. The second-order valence-electron chi connectivity index (χ2n) is 5.90. The van der Waals surface area contributed by atoms with Gasteiger partial charge in [0.25, 0.3) is 5.91 Å². The molecule has 0 saturated heterocycles. The van der Waals surface area contributed by atoms with E-state index < -0.39 is 11.0 Å². The molecule has 0 bridgehead atoms. The third kappa shape index (κ3) is 3.24. The molecular weight excluding hydrogens is 354 g/mol. The second kappa shape index (κ2) is 6.73. The number of tetrazole rings is 1. The van der Waals surface area contributed by atoms with Crippen molar-refractivity contribution in [3.63, 3.8) is 0 Å². The Bertz CT molecular complexity index is 969. The molecule has 3 aromatic rings. The molecular formula is C16H15N7O2S. The van der Waals surface area contributed by atoms with Crippen LogP contribution in [0.15, 0.2) is 41.6 Å². The van der Waals surface area contributed by atoms with Crippen molar-refractivity contribution in [3.05, 3.63) is 42.1 Å². The van der Waals surface area contributed by atoms with Crippen LogP contribution >= 0.6 is 0 Å². The van der Waals surface area contributed by atoms with Gasteiger partial charge in [-0.3, -0.25) is 4.79 Å². The van der Waals surface area contributed by atoms with Crippen molar-refractivity contribution < 1.29 is 9.00 Å². The molecule has 4 rings (SSSR count). The molecule has 0 aliphatic heterocycles. The van der Waals surface area contributed by atoms with Gasteiger partial charge in [-0.25, -0.2) is 14.3 Å². The minimum absolute atomic E-state index is 0.0871. The first-order valence-electron chi connectivity index (χ1n) is 7.94. The number of nitrogens with zero attached hydrogens (tertiary/aromatic N) is 4. The number of nitrogens with two attached hydrogens (primary N) is 1. The number of rotatable bonds is 5. The summed E-state index contributed by atoms with van der Waals surface area (Å²) in [6, 6.07) is 9.16. The Morgan fingerprint density at radius 2 is 2.00 bits per heavy atom. The number of carbonyl (C=O) groups excluding carboxylic acids is 1. The quantitative estimate of drug-likeness (QED) is 0.608. The third-order valence-electron chi connectivity index (χ3n) is 4.05. The number of nitrogens with one attached hydrogen (secondary N) is 2. The number of H-pyrrole nitrogens is 1. The van der Waals surface area contributed by atoms with Crippen molar-refractivity contribution in [2.24, 2.45) is 5.14 Å². The Balaban J connectivity index is 1.74. The van der Waals surface area contributed by atoms with Gasteiger partial charge in [-0.2, -0.15) is 5.21 Å². The lowest BCUT2D eigenvalue weighted by Crippen LogP contribution is -2.25. The first-order chi connectivity index (χ1) is 12.6. The number of benzene rings is 1. The minimum atomic E-state index is -1.82.